The second kappa shape index (κ2) is 8.14. The summed E-state index contributed by atoms with van der Waals surface area (Å²) < 4.78 is 10.5. The van der Waals surface area contributed by atoms with E-state index in [-0.39, 0.29) is 5.91 Å². The molecule has 1 amide bonds. The molecule has 2 N–H and O–H groups in total. The zero-order chi connectivity index (χ0) is 15.1. The van der Waals surface area contributed by atoms with Crippen LogP contribution in [0.15, 0.2) is 23.1 Å². The average molecular weight is 310 g/mol. The molecule has 1 aromatic rings. The third kappa shape index (κ3) is 4.82. The number of rotatable bonds is 7. The molecule has 0 aliphatic carbocycles. The van der Waals surface area contributed by atoms with Crippen molar-refractivity contribution >= 4 is 17.7 Å². The average Bonchev–Trinajstić information content (AvgIpc) is 2.99. The van der Waals surface area contributed by atoms with Crippen molar-refractivity contribution in [1.29, 1.82) is 0 Å². The van der Waals surface area contributed by atoms with Crippen molar-refractivity contribution in [2.45, 2.75) is 23.8 Å². The maximum atomic E-state index is 11.8. The first-order valence-electron chi connectivity index (χ1n) is 7.08. The Morgan fingerprint density at radius 1 is 1.38 bits per heavy atom. The van der Waals surface area contributed by atoms with E-state index in [9.17, 15) is 4.79 Å². The highest BCUT2D eigenvalue weighted by molar-refractivity contribution is 7.99. The molecule has 0 saturated carbocycles. The maximum absolute atomic E-state index is 11.8. The van der Waals surface area contributed by atoms with Gasteiger partial charge < -0.3 is 20.1 Å². The second-order valence-electron chi connectivity index (χ2n) is 4.87. The Labute approximate surface area is 129 Å². The first-order valence-corrected chi connectivity index (χ1v) is 8.06. The van der Waals surface area contributed by atoms with E-state index in [1.54, 1.807) is 26.0 Å². The van der Waals surface area contributed by atoms with Crippen LogP contribution in [0, 0.1) is 0 Å². The van der Waals surface area contributed by atoms with E-state index in [0.29, 0.717) is 24.0 Å². The molecule has 1 unspecified atom stereocenters. The van der Waals surface area contributed by atoms with Gasteiger partial charge in [-0.05, 0) is 31.2 Å². The largest absolute Gasteiger partial charge is 0.493 e. The lowest BCUT2D eigenvalue weighted by Gasteiger charge is -2.11. The highest BCUT2D eigenvalue weighted by atomic mass is 32.2. The van der Waals surface area contributed by atoms with E-state index in [0.717, 1.165) is 30.2 Å². The molecule has 0 radical (unpaired) electrons. The topological polar surface area (TPSA) is 59.6 Å². The van der Waals surface area contributed by atoms with Crippen LogP contribution in [-0.4, -0.2) is 45.0 Å². The summed E-state index contributed by atoms with van der Waals surface area (Å²) in [6.45, 7) is 1.87. The van der Waals surface area contributed by atoms with E-state index in [1.807, 2.05) is 18.2 Å². The minimum Gasteiger partial charge on any atom is -0.493 e. The number of carbonyl (C=O) groups is 1. The molecule has 1 heterocycles. The summed E-state index contributed by atoms with van der Waals surface area (Å²) in [5.74, 6) is 2.30. The zero-order valence-electron chi connectivity index (χ0n) is 12.5. The SMILES string of the molecule is COc1ccc(SCCC(=O)NC2CCNC2)cc1OC. The summed E-state index contributed by atoms with van der Waals surface area (Å²) >= 11 is 1.64. The predicted molar refractivity (Wildman–Crippen MR) is 84.3 cm³/mol. The molecule has 21 heavy (non-hydrogen) atoms. The molecule has 0 bridgehead atoms. The van der Waals surface area contributed by atoms with Crippen LogP contribution >= 0.6 is 11.8 Å². The quantitative estimate of drug-likeness (QED) is 0.750. The van der Waals surface area contributed by atoms with Crippen molar-refractivity contribution in [3.63, 3.8) is 0 Å². The van der Waals surface area contributed by atoms with Crippen LogP contribution < -0.4 is 20.1 Å². The van der Waals surface area contributed by atoms with Crippen LogP contribution in [0.2, 0.25) is 0 Å². The minimum atomic E-state index is 0.122. The Bertz CT molecular complexity index is 476. The summed E-state index contributed by atoms with van der Waals surface area (Å²) in [6, 6.07) is 6.09. The highest BCUT2D eigenvalue weighted by Crippen LogP contribution is 2.31. The molecule has 5 nitrogen and oxygen atoms in total. The van der Waals surface area contributed by atoms with E-state index in [4.69, 9.17) is 9.47 Å². The van der Waals surface area contributed by atoms with E-state index < -0.39 is 0 Å². The van der Waals surface area contributed by atoms with Crippen molar-refractivity contribution in [2.75, 3.05) is 33.1 Å². The first-order chi connectivity index (χ1) is 10.2. The number of hydrogen-bond acceptors (Lipinski definition) is 5. The fourth-order valence-electron chi connectivity index (χ4n) is 2.25. The fourth-order valence-corrected chi connectivity index (χ4v) is 3.12. The van der Waals surface area contributed by atoms with Gasteiger partial charge >= 0.3 is 0 Å². The van der Waals surface area contributed by atoms with Gasteiger partial charge in [-0.2, -0.15) is 0 Å². The molecule has 116 valence electrons. The van der Waals surface area contributed by atoms with Crippen LogP contribution in [0.25, 0.3) is 0 Å². The van der Waals surface area contributed by atoms with Crippen LogP contribution in [0.4, 0.5) is 0 Å². The molecule has 2 rings (SSSR count). The van der Waals surface area contributed by atoms with Gasteiger partial charge in [0.15, 0.2) is 11.5 Å². The minimum absolute atomic E-state index is 0.122. The molecule has 1 aliphatic rings. The highest BCUT2D eigenvalue weighted by Gasteiger charge is 2.16. The van der Waals surface area contributed by atoms with Gasteiger partial charge in [0.1, 0.15) is 0 Å². The van der Waals surface area contributed by atoms with Crippen LogP contribution in [0.1, 0.15) is 12.8 Å². The summed E-state index contributed by atoms with van der Waals surface area (Å²) in [7, 11) is 3.24. The lowest BCUT2D eigenvalue weighted by Crippen LogP contribution is -2.36. The lowest BCUT2D eigenvalue weighted by atomic mass is 10.2. The number of methoxy groups -OCH3 is 2. The second-order valence-corrected chi connectivity index (χ2v) is 6.04. The van der Waals surface area contributed by atoms with Crippen LogP contribution in [0.5, 0.6) is 11.5 Å². The fraction of sp³-hybridized carbons (Fsp3) is 0.533. The number of carbonyl (C=O) groups excluding carboxylic acids is 1. The van der Waals surface area contributed by atoms with Crippen LogP contribution in [0.3, 0.4) is 0 Å². The third-order valence-corrected chi connectivity index (χ3v) is 4.37. The number of thioether (sulfide) groups is 1. The van der Waals surface area contributed by atoms with Gasteiger partial charge in [0.05, 0.1) is 14.2 Å². The molecule has 1 aromatic carbocycles. The molecule has 1 saturated heterocycles. The Hall–Kier alpha value is -1.40. The third-order valence-electron chi connectivity index (χ3n) is 3.38. The van der Waals surface area contributed by atoms with Crippen molar-refractivity contribution in [3.8, 4) is 11.5 Å². The Morgan fingerprint density at radius 3 is 2.86 bits per heavy atom. The van der Waals surface area contributed by atoms with E-state index in [1.165, 1.54) is 0 Å². The normalized spacial score (nSPS) is 17.5. The monoisotopic (exact) mass is 310 g/mol. The summed E-state index contributed by atoms with van der Waals surface area (Å²) in [4.78, 5) is 12.9. The molecular formula is C15H22N2O3S. The lowest BCUT2D eigenvalue weighted by molar-refractivity contribution is -0.121. The van der Waals surface area contributed by atoms with Gasteiger partial charge in [0.25, 0.3) is 0 Å². The number of nitrogens with one attached hydrogen (secondary N) is 2. The van der Waals surface area contributed by atoms with E-state index >= 15 is 0 Å². The van der Waals surface area contributed by atoms with Crippen molar-refractivity contribution in [3.05, 3.63) is 18.2 Å². The Morgan fingerprint density at radius 2 is 2.19 bits per heavy atom. The van der Waals surface area contributed by atoms with Crippen molar-refractivity contribution in [2.24, 2.45) is 0 Å². The molecule has 1 atom stereocenters. The summed E-state index contributed by atoms with van der Waals surface area (Å²) in [6.07, 6.45) is 1.55. The molecular weight excluding hydrogens is 288 g/mol. The van der Waals surface area contributed by atoms with Gasteiger partial charge in [0.2, 0.25) is 5.91 Å². The van der Waals surface area contributed by atoms with Crippen molar-refractivity contribution < 1.29 is 14.3 Å². The standard InChI is InChI=1S/C15H22N2O3S/c1-19-13-4-3-12(9-14(13)20-2)21-8-6-15(18)17-11-5-7-16-10-11/h3-4,9,11,16H,5-8,10H2,1-2H3,(H,17,18). The van der Waals surface area contributed by atoms with Gasteiger partial charge in [-0.15, -0.1) is 11.8 Å². The molecule has 1 aliphatic heterocycles. The number of ether oxygens (including phenoxy) is 2. The Kier molecular flexibility index (Phi) is 6.20. The van der Waals surface area contributed by atoms with Gasteiger partial charge in [0, 0.05) is 29.7 Å². The van der Waals surface area contributed by atoms with Gasteiger partial charge in [-0.3, -0.25) is 4.79 Å². The smallest absolute Gasteiger partial charge is 0.221 e. The summed E-state index contributed by atoms with van der Waals surface area (Å²) in [5.41, 5.74) is 0. The number of amides is 1. The van der Waals surface area contributed by atoms with Gasteiger partial charge in [-0.1, -0.05) is 0 Å². The van der Waals surface area contributed by atoms with Crippen LogP contribution in [-0.2, 0) is 4.79 Å². The molecule has 0 aromatic heterocycles. The number of benzene rings is 1. The maximum Gasteiger partial charge on any atom is 0.221 e. The first kappa shape index (κ1) is 16.0. The Balaban J connectivity index is 1.76. The van der Waals surface area contributed by atoms with Gasteiger partial charge in [-0.25, -0.2) is 0 Å². The zero-order valence-corrected chi connectivity index (χ0v) is 13.3. The van der Waals surface area contributed by atoms with E-state index in [2.05, 4.69) is 10.6 Å². The molecule has 6 heteroatoms. The molecule has 0 spiro atoms. The molecule has 1 fully saturated rings. The predicted octanol–water partition coefficient (Wildman–Crippen LogP) is 1.66. The number of hydrogen-bond donors (Lipinski definition) is 2. The summed E-state index contributed by atoms with van der Waals surface area (Å²) in [5, 5.41) is 6.28. The van der Waals surface area contributed by atoms with Crippen molar-refractivity contribution in [1.82, 2.24) is 10.6 Å².